The summed E-state index contributed by atoms with van der Waals surface area (Å²) in [5.41, 5.74) is 0. The summed E-state index contributed by atoms with van der Waals surface area (Å²) in [6, 6.07) is 1.83. The van der Waals surface area contributed by atoms with Crippen LogP contribution in [0.15, 0.2) is 18.5 Å². The minimum Gasteiger partial charge on any atom is -0.340 e. The molecule has 3 nitrogen and oxygen atoms in total. The second-order valence-corrected chi connectivity index (χ2v) is 3.67. The third kappa shape index (κ3) is 1.53. The first kappa shape index (κ1) is 7.86. The molecule has 0 N–H and O–H groups in total. The van der Waals surface area contributed by atoms with Crippen LogP contribution in [0, 0.1) is 0 Å². The zero-order valence-corrected chi connectivity index (χ0v) is 7.61. The van der Waals surface area contributed by atoms with Crippen molar-refractivity contribution in [1.82, 2.24) is 9.97 Å². The maximum Gasteiger partial charge on any atom is 0.225 e. The van der Waals surface area contributed by atoms with Crippen molar-refractivity contribution in [1.29, 1.82) is 0 Å². The fourth-order valence-corrected chi connectivity index (χ4v) is 1.69. The van der Waals surface area contributed by atoms with Crippen molar-refractivity contribution in [2.75, 3.05) is 18.0 Å². The lowest BCUT2D eigenvalue weighted by molar-refractivity contribution is 0.899. The van der Waals surface area contributed by atoms with Gasteiger partial charge in [-0.3, -0.25) is 0 Å². The Morgan fingerprint density at radius 2 is 2.17 bits per heavy atom. The lowest BCUT2D eigenvalue weighted by Gasteiger charge is -2.13. The van der Waals surface area contributed by atoms with E-state index in [-0.39, 0.29) is 0 Å². The maximum atomic E-state index is 4.40. The summed E-state index contributed by atoms with van der Waals surface area (Å²) in [5, 5.41) is 0.480. The van der Waals surface area contributed by atoms with Gasteiger partial charge in [-0.2, -0.15) is 12.6 Å². The van der Waals surface area contributed by atoms with E-state index in [9.17, 15) is 0 Å². The number of hydrogen-bond acceptors (Lipinski definition) is 4. The zero-order chi connectivity index (χ0) is 8.39. The van der Waals surface area contributed by atoms with Crippen LogP contribution in [0.3, 0.4) is 0 Å². The number of rotatable bonds is 1. The van der Waals surface area contributed by atoms with E-state index < -0.39 is 0 Å². The SMILES string of the molecule is S[C@H]1CCN(c2ncccn2)C1. The van der Waals surface area contributed by atoms with E-state index in [2.05, 4.69) is 27.5 Å². The molecule has 0 radical (unpaired) electrons. The minimum absolute atomic E-state index is 0.480. The van der Waals surface area contributed by atoms with Gasteiger partial charge in [0.05, 0.1) is 0 Å². The van der Waals surface area contributed by atoms with Gasteiger partial charge in [-0.15, -0.1) is 0 Å². The fourth-order valence-electron chi connectivity index (χ4n) is 1.38. The highest BCUT2D eigenvalue weighted by molar-refractivity contribution is 7.81. The molecule has 2 rings (SSSR count). The molecule has 0 bridgehead atoms. The highest BCUT2D eigenvalue weighted by Gasteiger charge is 2.20. The number of aromatic nitrogens is 2. The van der Waals surface area contributed by atoms with Crippen LogP contribution in [0.25, 0.3) is 0 Å². The third-order valence-electron chi connectivity index (χ3n) is 2.00. The highest BCUT2D eigenvalue weighted by Crippen LogP contribution is 2.18. The van der Waals surface area contributed by atoms with E-state index in [1.54, 1.807) is 12.4 Å². The van der Waals surface area contributed by atoms with Gasteiger partial charge in [0.15, 0.2) is 0 Å². The lowest BCUT2D eigenvalue weighted by atomic mass is 10.4. The quantitative estimate of drug-likeness (QED) is 0.655. The second kappa shape index (κ2) is 3.31. The van der Waals surface area contributed by atoms with Crippen molar-refractivity contribution in [2.45, 2.75) is 11.7 Å². The molecular weight excluding hydrogens is 170 g/mol. The van der Waals surface area contributed by atoms with Gasteiger partial charge in [0.25, 0.3) is 0 Å². The van der Waals surface area contributed by atoms with E-state index >= 15 is 0 Å². The standard InChI is InChI=1S/C8H11N3S/c12-7-2-5-11(6-7)8-9-3-1-4-10-8/h1,3-4,7,12H,2,5-6H2/t7-/m0/s1. The Morgan fingerprint density at radius 1 is 1.42 bits per heavy atom. The minimum atomic E-state index is 0.480. The monoisotopic (exact) mass is 181 g/mol. The molecule has 0 amide bonds. The van der Waals surface area contributed by atoms with Crippen LogP contribution in [0.5, 0.6) is 0 Å². The van der Waals surface area contributed by atoms with Crippen LogP contribution < -0.4 is 4.90 Å². The summed E-state index contributed by atoms with van der Waals surface area (Å²) in [7, 11) is 0. The predicted molar refractivity (Wildman–Crippen MR) is 51.6 cm³/mol. The second-order valence-electron chi connectivity index (χ2n) is 2.94. The Balaban J connectivity index is 2.11. The average molecular weight is 181 g/mol. The molecule has 1 aromatic heterocycles. The van der Waals surface area contributed by atoms with Gasteiger partial charge in [0, 0.05) is 30.7 Å². The Labute approximate surface area is 77.2 Å². The van der Waals surface area contributed by atoms with Gasteiger partial charge >= 0.3 is 0 Å². The van der Waals surface area contributed by atoms with Gasteiger partial charge in [-0.05, 0) is 12.5 Å². The van der Waals surface area contributed by atoms with Crippen LogP contribution in [-0.4, -0.2) is 28.3 Å². The Hall–Kier alpha value is -0.770. The van der Waals surface area contributed by atoms with Gasteiger partial charge < -0.3 is 4.90 Å². The Morgan fingerprint density at radius 3 is 2.75 bits per heavy atom. The average Bonchev–Trinajstić information content (AvgIpc) is 2.54. The molecule has 1 atom stereocenters. The first-order valence-electron chi connectivity index (χ1n) is 4.06. The van der Waals surface area contributed by atoms with Crippen molar-refractivity contribution in [3.63, 3.8) is 0 Å². The lowest BCUT2D eigenvalue weighted by Crippen LogP contribution is -2.21. The summed E-state index contributed by atoms with van der Waals surface area (Å²) in [5.74, 6) is 0.828. The van der Waals surface area contributed by atoms with Crippen LogP contribution in [0.1, 0.15) is 6.42 Å². The molecule has 4 heteroatoms. The van der Waals surface area contributed by atoms with Crippen molar-refractivity contribution >= 4 is 18.6 Å². The van der Waals surface area contributed by atoms with Gasteiger partial charge in [0.2, 0.25) is 5.95 Å². The van der Waals surface area contributed by atoms with Crippen molar-refractivity contribution in [2.24, 2.45) is 0 Å². The van der Waals surface area contributed by atoms with Crippen LogP contribution in [-0.2, 0) is 0 Å². The third-order valence-corrected chi connectivity index (χ3v) is 2.42. The molecule has 0 saturated carbocycles. The summed E-state index contributed by atoms with van der Waals surface area (Å²) in [6.45, 7) is 1.99. The zero-order valence-electron chi connectivity index (χ0n) is 6.72. The van der Waals surface area contributed by atoms with E-state index in [4.69, 9.17) is 0 Å². The molecule has 0 aliphatic carbocycles. The van der Waals surface area contributed by atoms with Gasteiger partial charge in [-0.25, -0.2) is 9.97 Å². The smallest absolute Gasteiger partial charge is 0.225 e. The van der Waals surface area contributed by atoms with Crippen molar-refractivity contribution in [3.8, 4) is 0 Å². The summed E-state index contributed by atoms with van der Waals surface area (Å²) >= 11 is 4.40. The summed E-state index contributed by atoms with van der Waals surface area (Å²) in [4.78, 5) is 10.5. The maximum absolute atomic E-state index is 4.40. The normalized spacial score (nSPS) is 23.1. The highest BCUT2D eigenvalue weighted by atomic mass is 32.1. The van der Waals surface area contributed by atoms with Crippen molar-refractivity contribution < 1.29 is 0 Å². The molecule has 2 heterocycles. The van der Waals surface area contributed by atoms with Gasteiger partial charge in [0.1, 0.15) is 0 Å². The first-order chi connectivity index (χ1) is 5.86. The molecule has 1 aromatic rings. The summed E-state index contributed by atoms with van der Waals surface area (Å²) in [6.07, 6.45) is 4.67. The molecule has 12 heavy (non-hydrogen) atoms. The van der Waals surface area contributed by atoms with E-state index in [1.165, 1.54) is 0 Å². The molecule has 1 fully saturated rings. The molecule has 1 aliphatic rings. The topological polar surface area (TPSA) is 29.0 Å². The Kier molecular flexibility index (Phi) is 2.17. The molecule has 0 spiro atoms. The van der Waals surface area contributed by atoms with Crippen LogP contribution >= 0.6 is 12.6 Å². The van der Waals surface area contributed by atoms with Crippen LogP contribution in [0.2, 0.25) is 0 Å². The molecular formula is C8H11N3S. The first-order valence-corrected chi connectivity index (χ1v) is 4.58. The van der Waals surface area contributed by atoms with Crippen LogP contribution in [0.4, 0.5) is 5.95 Å². The largest absolute Gasteiger partial charge is 0.340 e. The number of hydrogen-bond donors (Lipinski definition) is 1. The number of anilines is 1. The number of nitrogens with zero attached hydrogens (tertiary/aromatic N) is 3. The molecule has 1 aliphatic heterocycles. The molecule has 0 aromatic carbocycles. The predicted octanol–water partition coefficient (Wildman–Crippen LogP) is 0.985. The molecule has 0 unspecified atom stereocenters. The molecule has 1 saturated heterocycles. The number of thiol groups is 1. The van der Waals surface area contributed by atoms with Gasteiger partial charge in [-0.1, -0.05) is 0 Å². The van der Waals surface area contributed by atoms with E-state index in [1.807, 2.05) is 6.07 Å². The molecule has 64 valence electrons. The summed E-state index contributed by atoms with van der Waals surface area (Å²) < 4.78 is 0. The Bertz CT molecular complexity index is 252. The van der Waals surface area contributed by atoms with E-state index in [0.29, 0.717) is 5.25 Å². The van der Waals surface area contributed by atoms with Crippen molar-refractivity contribution in [3.05, 3.63) is 18.5 Å². The fraction of sp³-hybridized carbons (Fsp3) is 0.500. The van der Waals surface area contributed by atoms with E-state index in [0.717, 1.165) is 25.5 Å².